The lowest BCUT2D eigenvalue weighted by molar-refractivity contribution is -0.386. The molecule has 0 heterocycles. The number of nitro benzene ring substituents is 1. The summed E-state index contributed by atoms with van der Waals surface area (Å²) in [5.41, 5.74) is -0.666. The standard InChI is InChI=1S/C11H10ClNO6/c12-8-4-3-7(6-14)10(13(17)18)11(8)19-5-1-2-9(15)16/h3-4,6H,1-2,5H2,(H,15,16). The number of halogens is 1. The molecule has 19 heavy (non-hydrogen) atoms. The van der Waals surface area contributed by atoms with Crippen molar-refractivity contribution in [3.8, 4) is 5.75 Å². The summed E-state index contributed by atoms with van der Waals surface area (Å²) in [6, 6.07) is 2.53. The quantitative estimate of drug-likeness (QED) is 0.357. The molecule has 102 valence electrons. The molecule has 1 rings (SSSR count). The van der Waals surface area contributed by atoms with Gasteiger partial charge in [0, 0.05) is 6.42 Å². The minimum Gasteiger partial charge on any atom is -0.486 e. The Hall–Kier alpha value is -2.15. The first-order valence-corrected chi connectivity index (χ1v) is 5.61. The molecule has 8 heteroatoms. The van der Waals surface area contributed by atoms with Crippen molar-refractivity contribution < 1.29 is 24.4 Å². The molecule has 0 atom stereocenters. The van der Waals surface area contributed by atoms with Gasteiger partial charge in [0.1, 0.15) is 0 Å². The van der Waals surface area contributed by atoms with Gasteiger partial charge in [-0.2, -0.15) is 0 Å². The van der Waals surface area contributed by atoms with E-state index >= 15 is 0 Å². The summed E-state index contributed by atoms with van der Waals surface area (Å²) in [6.07, 6.45) is 0.380. The maximum atomic E-state index is 10.9. The predicted molar refractivity (Wildman–Crippen MR) is 65.9 cm³/mol. The lowest BCUT2D eigenvalue weighted by Gasteiger charge is -2.08. The van der Waals surface area contributed by atoms with Gasteiger partial charge < -0.3 is 9.84 Å². The third kappa shape index (κ3) is 3.92. The van der Waals surface area contributed by atoms with Gasteiger partial charge in [0.15, 0.2) is 6.29 Å². The number of rotatable bonds is 7. The summed E-state index contributed by atoms with van der Waals surface area (Å²) in [4.78, 5) is 31.2. The van der Waals surface area contributed by atoms with E-state index in [9.17, 15) is 19.7 Å². The predicted octanol–water partition coefficient (Wildman–Crippen LogP) is 2.30. The summed E-state index contributed by atoms with van der Waals surface area (Å²) >= 11 is 5.78. The Balaban J connectivity index is 2.94. The van der Waals surface area contributed by atoms with Crippen LogP contribution in [0.1, 0.15) is 23.2 Å². The van der Waals surface area contributed by atoms with Crippen molar-refractivity contribution in [1.29, 1.82) is 0 Å². The summed E-state index contributed by atoms with van der Waals surface area (Å²) in [6.45, 7) is -0.0465. The molecular formula is C11H10ClNO6. The number of carboxylic acid groups (broad SMARTS) is 1. The summed E-state index contributed by atoms with van der Waals surface area (Å²) in [5.74, 6) is -1.22. The first-order chi connectivity index (χ1) is 8.97. The molecule has 0 unspecified atom stereocenters. The van der Waals surface area contributed by atoms with Crippen LogP contribution in [0.4, 0.5) is 5.69 Å². The van der Waals surface area contributed by atoms with E-state index in [2.05, 4.69) is 0 Å². The second-order valence-corrected chi connectivity index (χ2v) is 3.94. The van der Waals surface area contributed by atoms with Gasteiger partial charge in [-0.25, -0.2) is 0 Å². The fraction of sp³-hybridized carbons (Fsp3) is 0.273. The van der Waals surface area contributed by atoms with Crippen molar-refractivity contribution in [1.82, 2.24) is 0 Å². The zero-order chi connectivity index (χ0) is 14.4. The molecule has 1 aromatic rings. The van der Waals surface area contributed by atoms with Gasteiger partial charge in [-0.1, -0.05) is 11.6 Å². The van der Waals surface area contributed by atoms with Crippen LogP contribution in [0.2, 0.25) is 5.02 Å². The van der Waals surface area contributed by atoms with E-state index in [-0.39, 0.29) is 35.8 Å². The van der Waals surface area contributed by atoms with Crippen LogP contribution in [0.15, 0.2) is 12.1 Å². The van der Waals surface area contributed by atoms with Crippen molar-refractivity contribution in [2.24, 2.45) is 0 Å². The van der Waals surface area contributed by atoms with Crippen LogP contribution in [0.25, 0.3) is 0 Å². The van der Waals surface area contributed by atoms with Gasteiger partial charge in [0.25, 0.3) is 0 Å². The fourth-order valence-corrected chi connectivity index (χ4v) is 1.59. The Morgan fingerprint density at radius 3 is 2.74 bits per heavy atom. The van der Waals surface area contributed by atoms with Crippen molar-refractivity contribution in [3.63, 3.8) is 0 Å². The van der Waals surface area contributed by atoms with Crippen molar-refractivity contribution in [2.75, 3.05) is 6.61 Å². The molecule has 0 aliphatic carbocycles. The van der Waals surface area contributed by atoms with Crippen LogP contribution in [0.3, 0.4) is 0 Å². The number of hydrogen-bond donors (Lipinski definition) is 1. The van der Waals surface area contributed by atoms with E-state index in [0.29, 0.717) is 6.29 Å². The van der Waals surface area contributed by atoms with Gasteiger partial charge in [-0.15, -0.1) is 0 Å². The molecule has 0 spiro atoms. The van der Waals surface area contributed by atoms with Gasteiger partial charge in [0.2, 0.25) is 5.75 Å². The number of nitro groups is 1. The molecule has 0 saturated heterocycles. The van der Waals surface area contributed by atoms with Crippen LogP contribution in [0.5, 0.6) is 5.75 Å². The molecule has 7 nitrogen and oxygen atoms in total. The van der Waals surface area contributed by atoms with Crippen molar-refractivity contribution in [2.45, 2.75) is 12.8 Å². The van der Waals surface area contributed by atoms with Gasteiger partial charge >= 0.3 is 11.7 Å². The summed E-state index contributed by atoms with van der Waals surface area (Å²) in [7, 11) is 0. The molecule has 0 fully saturated rings. The molecule has 0 radical (unpaired) electrons. The second-order valence-electron chi connectivity index (χ2n) is 3.54. The van der Waals surface area contributed by atoms with Crippen LogP contribution in [-0.4, -0.2) is 28.9 Å². The molecule has 1 aromatic carbocycles. The monoisotopic (exact) mass is 287 g/mol. The number of carbonyl (C=O) groups excluding carboxylic acids is 1. The van der Waals surface area contributed by atoms with E-state index in [1.807, 2.05) is 0 Å². The van der Waals surface area contributed by atoms with Gasteiger partial charge in [0.05, 0.1) is 22.1 Å². The Bertz CT molecular complexity index is 516. The number of carboxylic acids is 1. The third-order valence-corrected chi connectivity index (χ3v) is 2.50. The molecular weight excluding hydrogens is 278 g/mol. The maximum Gasteiger partial charge on any atom is 0.322 e. The zero-order valence-corrected chi connectivity index (χ0v) is 10.4. The highest BCUT2D eigenvalue weighted by molar-refractivity contribution is 6.32. The van der Waals surface area contributed by atoms with E-state index in [0.717, 1.165) is 0 Å². The number of benzene rings is 1. The third-order valence-electron chi connectivity index (χ3n) is 2.21. The van der Waals surface area contributed by atoms with Gasteiger partial charge in [-0.05, 0) is 18.6 Å². The average molecular weight is 288 g/mol. The maximum absolute atomic E-state index is 10.9. The summed E-state index contributed by atoms with van der Waals surface area (Å²) in [5, 5.41) is 19.4. The SMILES string of the molecule is O=Cc1ccc(Cl)c(OCCCC(=O)O)c1[N+](=O)[O-]. The number of ether oxygens (including phenoxy) is 1. The Kier molecular flexibility index (Phi) is 5.25. The number of aliphatic carboxylic acids is 1. The minimum absolute atomic E-state index is 0.00683. The smallest absolute Gasteiger partial charge is 0.322 e. The lowest BCUT2D eigenvalue weighted by atomic mass is 10.2. The van der Waals surface area contributed by atoms with Crippen LogP contribution >= 0.6 is 11.6 Å². The van der Waals surface area contributed by atoms with Crippen LogP contribution in [-0.2, 0) is 4.79 Å². The highest BCUT2D eigenvalue weighted by atomic mass is 35.5. The largest absolute Gasteiger partial charge is 0.486 e. The average Bonchev–Trinajstić information content (AvgIpc) is 2.35. The number of aldehydes is 1. The van der Waals surface area contributed by atoms with E-state index in [1.54, 1.807) is 0 Å². The highest BCUT2D eigenvalue weighted by Gasteiger charge is 2.24. The molecule has 0 saturated carbocycles. The van der Waals surface area contributed by atoms with Crippen LogP contribution < -0.4 is 4.74 Å². The summed E-state index contributed by atoms with van der Waals surface area (Å²) < 4.78 is 5.13. The Morgan fingerprint density at radius 2 is 2.21 bits per heavy atom. The number of nitrogens with zero attached hydrogens (tertiary/aromatic N) is 1. The van der Waals surface area contributed by atoms with Gasteiger partial charge in [-0.3, -0.25) is 19.7 Å². The number of hydrogen-bond acceptors (Lipinski definition) is 5. The fourth-order valence-electron chi connectivity index (χ4n) is 1.38. The van der Waals surface area contributed by atoms with E-state index in [1.165, 1.54) is 12.1 Å². The minimum atomic E-state index is -0.995. The van der Waals surface area contributed by atoms with E-state index in [4.69, 9.17) is 21.4 Å². The first kappa shape index (κ1) is 14.9. The Labute approximate surface area is 112 Å². The molecule has 0 amide bonds. The van der Waals surface area contributed by atoms with E-state index < -0.39 is 16.6 Å². The molecule has 0 aromatic heterocycles. The first-order valence-electron chi connectivity index (χ1n) is 5.24. The lowest BCUT2D eigenvalue weighted by Crippen LogP contribution is -2.05. The molecule has 0 aliphatic heterocycles. The number of carbonyl (C=O) groups is 2. The van der Waals surface area contributed by atoms with Crippen molar-refractivity contribution >= 4 is 29.5 Å². The topological polar surface area (TPSA) is 107 Å². The van der Waals surface area contributed by atoms with Crippen molar-refractivity contribution in [3.05, 3.63) is 32.8 Å². The van der Waals surface area contributed by atoms with Crippen LogP contribution in [0, 0.1) is 10.1 Å². The second kappa shape index (κ2) is 6.69. The highest BCUT2D eigenvalue weighted by Crippen LogP contribution is 2.37. The Morgan fingerprint density at radius 1 is 1.53 bits per heavy atom. The zero-order valence-electron chi connectivity index (χ0n) is 9.67. The normalized spacial score (nSPS) is 9.95. The molecule has 0 aliphatic rings. The molecule has 0 bridgehead atoms. The molecule has 1 N–H and O–H groups in total.